The summed E-state index contributed by atoms with van der Waals surface area (Å²) in [6.07, 6.45) is -22.2. The van der Waals surface area contributed by atoms with E-state index in [1.807, 2.05) is 0 Å². The molecule has 14 N–H and O–H groups in total. The predicted molar refractivity (Wildman–Crippen MR) is 263 cm³/mol. The molecule has 5 aliphatic carbocycles. The van der Waals surface area contributed by atoms with E-state index < -0.39 is 171 Å². The van der Waals surface area contributed by atoms with Crippen LogP contribution in [0.5, 0.6) is 0 Å². The van der Waals surface area contributed by atoms with Crippen molar-refractivity contribution in [2.75, 3.05) is 26.4 Å². The van der Waals surface area contributed by atoms with E-state index in [0.717, 1.165) is 24.8 Å². The van der Waals surface area contributed by atoms with Crippen LogP contribution in [0, 0.1) is 44.3 Å². The molecular formula is C54H88O22. The zero-order valence-electron chi connectivity index (χ0n) is 45.0. The van der Waals surface area contributed by atoms with Gasteiger partial charge in [0.2, 0.25) is 0 Å². The quantitative estimate of drug-likeness (QED) is 0.0975. The van der Waals surface area contributed by atoms with Crippen molar-refractivity contribution in [1.29, 1.82) is 0 Å². The van der Waals surface area contributed by atoms with Gasteiger partial charge < -0.3 is 109 Å². The maximum absolute atomic E-state index is 12.7. The third kappa shape index (κ3) is 9.63. The van der Waals surface area contributed by atoms with Crippen LogP contribution < -0.4 is 0 Å². The first-order chi connectivity index (χ1) is 35.5. The lowest BCUT2D eigenvalue weighted by molar-refractivity contribution is -0.373. The van der Waals surface area contributed by atoms with Crippen molar-refractivity contribution in [3.8, 4) is 0 Å². The topological polar surface area (TPSA) is 357 Å². The number of hydrogen-bond acceptors (Lipinski definition) is 22. The molecule has 22 nitrogen and oxygen atoms in total. The summed E-state index contributed by atoms with van der Waals surface area (Å²) in [7, 11) is 0. The molecule has 9 aliphatic rings. The minimum absolute atomic E-state index is 0.00613. The summed E-state index contributed by atoms with van der Waals surface area (Å²) in [5, 5.41) is 151. The van der Waals surface area contributed by atoms with E-state index in [2.05, 4.69) is 60.6 Å². The van der Waals surface area contributed by atoms with E-state index in [0.29, 0.717) is 32.1 Å². The molecule has 0 radical (unpaired) electrons. The van der Waals surface area contributed by atoms with Crippen molar-refractivity contribution < 1.29 is 109 Å². The Labute approximate surface area is 444 Å². The van der Waals surface area contributed by atoms with Gasteiger partial charge in [-0.15, -0.1) is 0 Å². The fraction of sp³-hybridized carbons (Fsp3) is 0.926. The maximum Gasteiger partial charge on any atom is 0.187 e. The minimum atomic E-state index is -1.79. The molecule has 3 saturated carbocycles. The van der Waals surface area contributed by atoms with Crippen LogP contribution in [0.1, 0.15) is 107 Å². The minimum Gasteiger partial charge on any atom is -0.394 e. The van der Waals surface area contributed by atoms with E-state index in [-0.39, 0.29) is 34.7 Å². The van der Waals surface area contributed by atoms with Gasteiger partial charge in [0.05, 0.1) is 44.7 Å². The number of hydrogen-bond donors (Lipinski definition) is 14. The largest absolute Gasteiger partial charge is 0.394 e. The normalized spacial score (nSPS) is 54.0. The van der Waals surface area contributed by atoms with E-state index in [1.165, 1.54) is 12.5 Å². The molecule has 0 amide bonds. The predicted octanol–water partition coefficient (Wildman–Crippen LogP) is -1.64. The number of fused-ring (bicyclic) bond motifs is 6. The summed E-state index contributed by atoms with van der Waals surface area (Å²) in [5.41, 5.74) is -0.293. The zero-order chi connectivity index (χ0) is 55.6. The number of allylic oxidation sites excluding steroid dienone is 3. The first kappa shape index (κ1) is 59.2. The molecule has 0 aromatic heterocycles. The average molecular weight is 1090 g/mol. The van der Waals surface area contributed by atoms with Crippen LogP contribution in [-0.2, 0) is 37.9 Å². The van der Waals surface area contributed by atoms with Crippen molar-refractivity contribution >= 4 is 0 Å². The van der Waals surface area contributed by atoms with Gasteiger partial charge in [0.15, 0.2) is 25.2 Å². The van der Waals surface area contributed by atoms with Gasteiger partial charge in [-0.3, -0.25) is 0 Å². The van der Waals surface area contributed by atoms with Crippen LogP contribution >= 0.6 is 0 Å². The van der Waals surface area contributed by atoms with E-state index >= 15 is 0 Å². The smallest absolute Gasteiger partial charge is 0.187 e. The Morgan fingerprint density at radius 1 is 0.566 bits per heavy atom. The molecule has 0 bridgehead atoms. The molecular weight excluding hydrogens is 1000 g/mol. The number of rotatable bonds is 12. The van der Waals surface area contributed by atoms with Gasteiger partial charge in [-0.25, -0.2) is 0 Å². The lowest BCUT2D eigenvalue weighted by Crippen LogP contribution is -2.66. The lowest BCUT2D eigenvalue weighted by Gasteiger charge is -2.70. The second-order valence-electron chi connectivity index (χ2n) is 26.1. The maximum atomic E-state index is 12.7. The monoisotopic (exact) mass is 1090 g/mol. The van der Waals surface area contributed by atoms with E-state index in [1.54, 1.807) is 0 Å². The summed E-state index contributed by atoms with van der Waals surface area (Å²) < 4.78 is 48.4. The highest BCUT2D eigenvalue weighted by molar-refractivity contribution is 5.47. The van der Waals surface area contributed by atoms with Crippen LogP contribution in [-0.4, -0.2) is 233 Å². The summed E-state index contributed by atoms with van der Waals surface area (Å²) in [6, 6.07) is 0. The first-order valence-corrected chi connectivity index (χ1v) is 27.5. The molecule has 0 aromatic rings. The Bertz CT molecular complexity index is 2110. The summed E-state index contributed by atoms with van der Waals surface area (Å²) in [5.74, 6) is 0.114. The van der Waals surface area contributed by atoms with E-state index in [4.69, 9.17) is 37.9 Å². The average Bonchev–Trinajstić information content (AvgIpc) is 3.36. The molecule has 4 aliphatic heterocycles. The zero-order valence-corrected chi connectivity index (χ0v) is 45.0. The molecule has 436 valence electrons. The standard InChI is InChI=1S/C54H88O22/c1-23-33(58)36(61)42(67)47(71-23)76-44-28(21-69-45-40(65)37(62)34(59)26(19-55)72-45)74-48(43(68)39(44)64)75-32-12-13-51(6)29(50(32,4)5)11-14-52(7)30(51)10-9-24-25-17-49(2,3)15-16-54(25,31(57)18-53(24,52)8)22-70-46-41(66)38(63)35(60)27(20-56)73-46/h9-10,23,26-48,55-68H,11-22H2,1-8H3/t23-,26-,27-,28+,29-,30+,31-,32+,33-,34-,35-,36+,37+,38+,39+,40-,41-,42-,43+,44+,45-,46-,47+,48-,51-,52+,53+,54-/m0/s1. The van der Waals surface area contributed by atoms with Gasteiger partial charge in [0.25, 0.3) is 0 Å². The lowest BCUT2D eigenvalue weighted by atomic mass is 9.35. The number of ether oxygens (including phenoxy) is 8. The Kier molecular flexibility index (Phi) is 16.7. The van der Waals surface area contributed by atoms with Crippen molar-refractivity contribution in [3.63, 3.8) is 0 Å². The third-order valence-electron chi connectivity index (χ3n) is 20.9. The fourth-order valence-electron chi connectivity index (χ4n) is 15.8. The van der Waals surface area contributed by atoms with E-state index in [9.17, 15) is 71.5 Å². The highest BCUT2D eigenvalue weighted by atomic mass is 16.8. The molecule has 7 fully saturated rings. The van der Waals surface area contributed by atoms with Crippen LogP contribution in [0.25, 0.3) is 0 Å². The Balaban J connectivity index is 0.961. The van der Waals surface area contributed by atoms with Crippen LogP contribution in [0.3, 0.4) is 0 Å². The molecule has 0 unspecified atom stereocenters. The van der Waals surface area contributed by atoms with Gasteiger partial charge in [0, 0.05) is 10.8 Å². The number of aliphatic hydroxyl groups excluding tert-OH is 14. The molecule has 22 heteroatoms. The molecule has 76 heavy (non-hydrogen) atoms. The van der Waals surface area contributed by atoms with Gasteiger partial charge in [-0.1, -0.05) is 66.2 Å². The Morgan fingerprint density at radius 2 is 1.12 bits per heavy atom. The van der Waals surface area contributed by atoms with Crippen LogP contribution in [0.4, 0.5) is 0 Å². The van der Waals surface area contributed by atoms with Gasteiger partial charge >= 0.3 is 0 Å². The molecule has 0 aromatic carbocycles. The van der Waals surface area contributed by atoms with Gasteiger partial charge in [-0.2, -0.15) is 0 Å². The Morgan fingerprint density at radius 3 is 1.74 bits per heavy atom. The van der Waals surface area contributed by atoms with Crippen LogP contribution in [0.2, 0.25) is 0 Å². The number of aliphatic hydroxyl groups is 14. The third-order valence-corrected chi connectivity index (χ3v) is 20.9. The SMILES string of the molecule is C[C@@H]1O[C@H](O[C@H]2[C@H](O)[C@@H](O)[C@H](O[C@@H]3CC[C@]4(C)[C@H]5C=CC6=C7CC(C)(C)CC[C@@]7(CO[C@H]7O[C@@H](CO)[C@H](O)[C@@H](O)[C@@H]7O)[C@@H](O)C[C@@]6(C)[C@]5(C)CC[C@H]4C3(C)C)O[C@@H]2CO[C@H]2O[C@@H](CO)[C@H](O)[C@@H](O)[C@@H]2O)[C@@H](O)[C@H](O)[C@H]1O. The van der Waals surface area contributed by atoms with Crippen molar-refractivity contribution in [3.05, 3.63) is 23.3 Å². The van der Waals surface area contributed by atoms with Gasteiger partial charge in [-0.05, 0) is 97.4 Å². The molecule has 4 saturated heterocycles. The molecule has 9 rings (SSSR count). The van der Waals surface area contributed by atoms with Crippen molar-refractivity contribution in [2.24, 2.45) is 44.3 Å². The first-order valence-electron chi connectivity index (χ1n) is 27.5. The van der Waals surface area contributed by atoms with Crippen molar-refractivity contribution in [1.82, 2.24) is 0 Å². The van der Waals surface area contributed by atoms with Gasteiger partial charge in [0.1, 0.15) is 91.6 Å². The second-order valence-corrected chi connectivity index (χ2v) is 26.1. The fourth-order valence-corrected chi connectivity index (χ4v) is 15.8. The molecule has 4 heterocycles. The highest BCUT2D eigenvalue weighted by Crippen LogP contribution is 2.74. The summed E-state index contributed by atoms with van der Waals surface area (Å²) in [6.45, 7) is 15.3. The Hall–Kier alpha value is -1.40. The summed E-state index contributed by atoms with van der Waals surface area (Å²) >= 11 is 0. The molecule has 0 spiro atoms. The summed E-state index contributed by atoms with van der Waals surface area (Å²) in [4.78, 5) is 0. The highest BCUT2D eigenvalue weighted by Gasteiger charge is 2.69. The van der Waals surface area contributed by atoms with Crippen molar-refractivity contribution in [2.45, 2.75) is 242 Å². The van der Waals surface area contributed by atoms with Crippen LogP contribution in [0.15, 0.2) is 23.3 Å². The second kappa shape index (κ2) is 21.4. The molecule has 28 atom stereocenters.